The number of guanidine groups is 1. The molecule has 0 spiro atoms. The Kier molecular flexibility index (Phi) is 5.74. The summed E-state index contributed by atoms with van der Waals surface area (Å²) in [5.74, 6) is 2.50. The lowest BCUT2D eigenvalue weighted by molar-refractivity contribution is 0.208. The van der Waals surface area contributed by atoms with Crippen molar-refractivity contribution in [2.75, 3.05) is 26.7 Å². The maximum absolute atomic E-state index is 4.48. The molecule has 1 aromatic heterocycles. The Labute approximate surface area is 150 Å². The summed E-state index contributed by atoms with van der Waals surface area (Å²) in [5.41, 5.74) is 2.41. The van der Waals surface area contributed by atoms with E-state index in [0.717, 1.165) is 49.5 Å². The summed E-state index contributed by atoms with van der Waals surface area (Å²) in [7, 11) is 1.88. The third kappa shape index (κ3) is 4.62. The molecule has 0 amide bonds. The molecule has 0 saturated carbocycles. The van der Waals surface area contributed by atoms with Gasteiger partial charge in [-0.3, -0.25) is 4.99 Å². The first-order valence-corrected chi connectivity index (χ1v) is 9.20. The summed E-state index contributed by atoms with van der Waals surface area (Å²) in [5, 5.41) is 7.79. The van der Waals surface area contributed by atoms with Crippen LogP contribution in [0.2, 0.25) is 0 Å². The minimum Gasteiger partial charge on any atom is -0.356 e. The molecule has 2 atom stereocenters. The molecule has 134 valence electrons. The molecular formula is C20H29N5. The average molecular weight is 339 g/mol. The van der Waals surface area contributed by atoms with Crippen molar-refractivity contribution in [3.63, 3.8) is 0 Å². The maximum Gasteiger partial charge on any atom is 0.193 e. The molecular weight excluding hydrogens is 310 g/mol. The fourth-order valence-electron chi connectivity index (χ4n) is 3.72. The Hall–Kier alpha value is -2.30. The topological polar surface area (TPSA) is 45.5 Å². The minimum atomic E-state index is 0.733. The number of hydrogen-bond donors (Lipinski definition) is 1. The molecule has 1 aliphatic rings. The molecule has 2 aromatic rings. The zero-order valence-corrected chi connectivity index (χ0v) is 15.5. The maximum atomic E-state index is 4.48. The van der Waals surface area contributed by atoms with E-state index in [1.54, 1.807) is 6.20 Å². The van der Waals surface area contributed by atoms with Gasteiger partial charge in [-0.1, -0.05) is 26.0 Å². The van der Waals surface area contributed by atoms with Crippen LogP contribution in [0.5, 0.6) is 0 Å². The second-order valence-electron chi connectivity index (χ2n) is 7.19. The molecule has 2 unspecified atom stereocenters. The number of benzene rings is 1. The number of nitrogens with one attached hydrogen (secondary N) is 1. The highest BCUT2D eigenvalue weighted by atomic mass is 15.3. The van der Waals surface area contributed by atoms with Crippen LogP contribution in [0.1, 0.15) is 25.8 Å². The highest BCUT2D eigenvalue weighted by molar-refractivity contribution is 5.80. The van der Waals surface area contributed by atoms with Gasteiger partial charge in [0, 0.05) is 39.1 Å². The lowest BCUT2D eigenvalue weighted by atomic mass is 9.92. The average Bonchev–Trinajstić information content (AvgIpc) is 3.13. The van der Waals surface area contributed by atoms with E-state index in [1.807, 2.05) is 24.0 Å². The predicted molar refractivity (Wildman–Crippen MR) is 103 cm³/mol. The molecule has 0 radical (unpaired) electrons. The van der Waals surface area contributed by atoms with Crippen molar-refractivity contribution in [3.05, 3.63) is 48.3 Å². The van der Waals surface area contributed by atoms with Gasteiger partial charge in [-0.15, -0.1) is 0 Å². The fourth-order valence-corrected chi connectivity index (χ4v) is 3.72. The van der Waals surface area contributed by atoms with E-state index >= 15 is 0 Å². The van der Waals surface area contributed by atoms with Gasteiger partial charge in [-0.25, -0.2) is 4.68 Å². The molecule has 0 aliphatic carbocycles. The van der Waals surface area contributed by atoms with Crippen LogP contribution in [-0.4, -0.2) is 47.3 Å². The molecule has 1 aliphatic heterocycles. The van der Waals surface area contributed by atoms with E-state index in [-0.39, 0.29) is 0 Å². The van der Waals surface area contributed by atoms with Gasteiger partial charge >= 0.3 is 0 Å². The van der Waals surface area contributed by atoms with Crippen molar-refractivity contribution >= 4 is 5.96 Å². The number of piperidine rings is 1. The quantitative estimate of drug-likeness (QED) is 0.688. The number of rotatable bonds is 4. The Morgan fingerprint density at radius 1 is 1.20 bits per heavy atom. The largest absolute Gasteiger partial charge is 0.356 e. The van der Waals surface area contributed by atoms with E-state index in [1.165, 1.54) is 12.0 Å². The Bertz CT molecular complexity index is 665. The minimum absolute atomic E-state index is 0.733. The zero-order valence-electron chi connectivity index (χ0n) is 15.5. The lowest BCUT2D eigenvalue weighted by Crippen LogP contribution is -2.48. The molecule has 1 saturated heterocycles. The normalized spacial score (nSPS) is 21.4. The standard InChI is InChI=1S/C20H29N5/c1-16-13-17(2)15-24(14-16)20(21-3)22-11-9-18-5-7-19(8-6-18)25-12-4-10-23-25/h4-8,10,12,16-17H,9,11,13-15H2,1-3H3,(H,21,22). The van der Waals surface area contributed by atoms with Crippen LogP contribution in [0.4, 0.5) is 0 Å². The number of aliphatic imine (C=N–C) groups is 1. The summed E-state index contributed by atoms with van der Waals surface area (Å²) in [4.78, 5) is 6.88. The first-order valence-electron chi connectivity index (χ1n) is 9.20. The summed E-state index contributed by atoms with van der Waals surface area (Å²) >= 11 is 0. The smallest absolute Gasteiger partial charge is 0.193 e. The molecule has 0 bridgehead atoms. The number of aromatic nitrogens is 2. The summed E-state index contributed by atoms with van der Waals surface area (Å²) < 4.78 is 1.88. The molecule has 5 nitrogen and oxygen atoms in total. The Morgan fingerprint density at radius 2 is 1.92 bits per heavy atom. The van der Waals surface area contributed by atoms with Crippen molar-refractivity contribution in [2.24, 2.45) is 16.8 Å². The van der Waals surface area contributed by atoms with Gasteiger partial charge in [-0.05, 0) is 48.4 Å². The van der Waals surface area contributed by atoms with Crippen LogP contribution >= 0.6 is 0 Å². The van der Waals surface area contributed by atoms with Crippen molar-refractivity contribution in [1.29, 1.82) is 0 Å². The number of nitrogens with zero attached hydrogens (tertiary/aromatic N) is 4. The zero-order chi connectivity index (χ0) is 17.6. The van der Waals surface area contributed by atoms with E-state index in [4.69, 9.17) is 0 Å². The molecule has 1 aromatic carbocycles. The van der Waals surface area contributed by atoms with Crippen LogP contribution < -0.4 is 5.32 Å². The van der Waals surface area contributed by atoms with E-state index < -0.39 is 0 Å². The van der Waals surface area contributed by atoms with Gasteiger partial charge in [0.25, 0.3) is 0 Å². The van der Waals surface area contributed by atoms with Crippen LogP contribution in [0.25, 0.3) is 5.69 Å². The van der Waals surface area contributed by atoms with Gasteiger partial charge in [0.1, 0.15) is 0 Å². The molecule has 1 fully saturated rings. The molecule has 5 heteroatoms. The highest BCUT2D eigenvalue weighted by Gasteiger charge is 2.23. The van der Waals surface area contributed by atoms with Gasteiger partial charge in [0.2, 0.25) is 0 Å². The monoisotopic (exact) mass is 339 g/mol. The highest BCUT2D eigenvalue weighted by Crippen LogP contribution is 2.20. The van der Waals surface area contributed by atoms with Gasteiger partial charge in [-0.2, -0.15) is 5.10 Å². The first kappa shape index (κ1) is 17.5. The van der Waals surface area contributed by atoms with Crippen molar-refractivity contribution in [1.82, 2.24) is 20.0 Å². The van der Waals surface area contributed by atoms with E-state index in [9.17, 15) is 0 Å². The lowest BCUT2D eigenvalue weighted by Gasteiger charge is -2.37. The second kappa shape index (κ2) is 8.19. The number of hydrogen-bond acceptors (Lipinski definition) is 2. The van der Waals surface area contributed by atoms with Crippen LogP contribution in [-0.2, 0) is 6.42 Å². The third-order valence-electron chi connectivity index (χ3n) is 4.78. The van der Waals surface area contributed by atoms with E-state index in [0.29, 0.717) is 0 Å². The molecule has 25 heavy (non-hydrogen) atoms. The first-order chi connectivity index (χ1) is 12.2. The van der Waals surface area contributed by atoms with Gasteiger partial charge in [0.05, 0.1) is 5.69 Å². The second-order valence-corrected chi connectivity index (χ2v) is 7.19. The molecule has 1 N–H and O–H groups in total. The van der Waals surface area contributed by atoms with Crippen LogP contribution in [0, 0.1) is 11.8 Å². The Morgan fingerprint density at radius 3 is 2.52 bits per heavy atom. The SMILES string of the molecule is CN=C(NCCc1ccc(-n2cccn2)cc1)N1CC(C)CC(C)C1. The van der Waals surface area contributed by atoms with Crippen LogP contribution in [0.15, 0.2) is 47.7 Å². The summed E-state index contributed by atoms with van der Waals surface area (Å²) in [6.07, 6.45) is 6.06. The molecule has 3 rings (SSSR count). The predicted octanol–water partition coefficient (Wildman–Crippen LogP) is 2.97. The van der Waals surface area contributed by atoms with Crippen LogP contribution in [0.3, 0.4) is 0 Å². The summed E-state index contributed by atoms with van der Waals surface area (Å²) in [6.45, 7) is 7.76. The van der Waals surface area contributed by atoms with Crippen molar-refractivity contribution in [2.45, 2.75) is 26.7 Å². The van der Waals surface area contributed by atoms with Crippen molar-refractivity contribution in [3.8, 4) is 5.69 Å². The van der Waals surface area contributed by atoms with Gasteiger partial charge < -0.3 is 10.2 Å². The number of likely N-dealkylation sites (tertiary alicyclic amines) is 1. The van der Waals surface area contributed by atoms with Gasteiger partial charge in [0.15, 0.2) is 5.96 Å². The molecule has 2 heterocycles. The summed E-state index contributed by atoms with van der Waals surface area (Å²) in [6, 6.07) is 10.5. The van der Waals surface area contributed by atoms with E-state index in [2.05, 4.69) is 58.4 Å². The Balaban J connectivity index is 1.51. The third-order valence-corrected chi connectivity index (χ3v) is 4.78. The van der Waals surface area contributed by atoms with Crippen molar-refractivity contribution < 1.29 is 0 Å². The fraction of sp³-hybridized carbons (Fsp3) is 0.500.